The van der Waals surface area contributed by atoms with Gasteiger partial charge in [-0.1, -0.05) is 6.07 Å². The molecule has 0 aliphatic carbocycles. The maximum atomic E-state index is 11.8. The van der Waals surface area contributed by atoms with Gasteiger partial charge in [0.2, 0.25) is 11.8 Å². The number of nitro groups is 1. The first-order valence-electron chi connectivity index (χ1n) is 9.76. The van der Waals surface area contributed by atoms with Crippen molar-refractivity contribution in [2.24, 2.45) is 0 Å². The predicted molar refractivity (Wildman–Crippen MR) is 111 cm³/mol. The second kappa shape index (κ2) is 9.06. The lowest BCUT2D eigenvalue weighted by Gasteiger charge is -2.11. The lowest BCUT2D eigenvalue weighted by molar-refractivity contribution is -0.383. The van der Waals surface area contributed by atoms with E-state index in [2.05, 4.69) is 20.3 Å². The third-order valence-corrected chi connectivity index (χ3v) is 4.71. The molecule has 3 N–H and O–H groups in total. The van der Waals surface area contributed by atoms with E-state index >= 15 is 0 Å². The zero-order valence-electron chi connectivity index (χ0n) is 16.9. The highest BCUT2D eigenvalue weighted by molar-refractivity contribution is 5.75. The fraction of sp³-hybridized carbons (Fsp3) is 0.350. The average molecular weight is 426 g/mol. The summed E-state index contributed by atoms with van der Waals surface area (Å²) in [6, 6.07) is 8.83. The van der Waals surface area contributed by atoms with Gasteiger partial charge in [-0.2, -0.15) is 4.98 Å². The van der Waals surface area contributed by atoms with Crippen LogP contribution in [0.25, 0.3) is 11.5 Å². The molecule has 31 heavy (non-hydrogen) atoms. The first kappa shape index (κ1) is 20.7. The van der Waals surface area contributed by atoms with Crippen molar-refractivity contribution in [3.05, 3.63) is 57.6 Å². The molecule has 11 nitrogen and oxygen atoms in total. The number of nitrogens with two attached hydrogens (primary N) is 1. The van der Waals surface area contributed by atoms with Gasteiger partial charge in [0.1, 0.15) is 5.76 Å². The van der Waals surface area contributed by atoms with Gasteiger partial charge in [0.15, 0.2) is 11.5 Å². The van der Waals surface area contributed by atoms with Crippen molar-refractivity contribution in [1.82, 2.24) is 15.0 Å². The summed E-state index contributed by atoms with van der Waals surface area (Å²) in [7, 11) is 0. The Balaban J connectivity index is 1.52. The largest absolute Gasteiger partial charge is 0.459 e. The molecule has 11 heteroatoms. The Morgan fingerprint density at radius 1 is 1.26 bits per heavy atom. The van der Waals surface area contributed by atoms with Gasteiger partial charge in [-0.15, -0.1) is 0 Å². The van der Waals surface area contributed by atoms with Crippen LogP contribution in [0.1, 0.15) is 23.6 Å². The van der Waals surface area contributed by atoms with Gasteiger partial charge in [-0.25, -0.2) is 4.98 Å². The SMILES string of the molecule is Cc1ccc(-c2nc(N)nc(NCc3cccc(CO[C@@H]4CCOC4)n3)c2[N+](=O)[O-])o1. The Morgan fingerprint density at radius 2 is 2.10 bits per heavy atom. The molecule has 0 saturated carbocycles. The van der Waals surface area contributed by atoms with E-state index in [1.54, 1.807) is 19.1 Å². The highest BCUT2D eigenvalue weighted by Crippen LogP contribution is 2.35. The molecule has 0 bridgehead atoms. The molecule has 1 saturated heterocycles. The lowest BCUT2D eigenvalue weighted by atomic mass is 10.2. The Morgan fingerprint density at radius 3 is 2.81 bits per heavy atom. The summed E-state index contributed by atoms with van der Waals surface area (Å²) in [4.78, 5) is 23.8. The number of nitrogen functional groups attached to an aromatic ring is 1. The number of hydrogen-bond acceptors (Lipinski definition) is 10. The summed E-state index contributed by atoms with van der Waals surface area (Å²) >= 11 is 0. The summed E-state index contributed by atoms with van der Waals surface area (Å²) < 4.78 is 16.6. The van der Waals surface area contributed by atoms with Crippen molar-refractivity contribution < 1.29 is 18.8 Å². The van der Waals surface area contributed by atoms with Crippen LogP contribution in [-0.2, 0) is 22.6 Å². The number of aryl methyl sites for hydroxylation is 1. The summed E-state index contributed by atoms with van der Waals surface area (Å²) in [5.74, 6) is 0.733. The molecule has 1 aliphatic heterocycles. The monoisotopic (exact) mass is 426 g/mol. The van der Waals surface area contributed by atoms with Gasteiger partial charge in [-0.05, 0) is 37.6 Å². The van der Waals surface area contributed by atoms with Crippen molar-refractivity contribution >= 4 is 17.5 Å². The quantitative estimate of drug-likeness (QED) is 0.406. The first-order valence-corrected chi connectivity index (χ1v) is 9.76. The van der Waals surface area contributed by atoms with E-state index in [0.717, 1.165) is 12.1 Å². The van der Waals surface area contributed by atoms with Crippen molar-refractivity contribution in [2.75, 3.05) is 24.3 Å². The smallest absolute Gasteiger partial charge is 0.340 e. The zero-order chi connectivity index (χ0) is 21.8. The minimum atomic E-state index is -0.559. The minimum absolute atomic E-state index is 0.00638. The van der Waals surface area contributed by atoms with Gasteiger partial charge in [-0.3, -0.25) is 15.1 Å². The third-order valence-electron chi connectivity index (χ3n) is 4.71. The minimum Gasteiger partial charge on any atom is -0.459 e. The fourth-order valence-electron chi connectivity index (χ4n) is 3.23. The van der Waals surface area contributed by atoms with E-state index < -0.39 is 4.92 Å². The van der Waals surface area contributed by atoms with Crippen LogP contribution in [0.5, 0.6) is 0 Å². The molecular weight excluding hydrogens is 404 g/mol. The van der Waals surface area contributed by atoms with Crippen molar-refractivity contribution in [3.8, 4) is 11.5 Å². The Kier molecular flexibility index (Phi) is 6.05. The van der Waals surface area contributed by atoms with E-state index in [0.29, 0.717) is 31.3 Å². The molecule has 4 heterocycles. The molecule has 162 valence electrons. The van der Waals surface area contributed by atoms with Crippen LogP contribution < -0.4 is 11.1 Å². The van der Waals surface area contributed by atoms with E-state index in [1.165, 1.54) is 0 Å². The third kappa shape index (κ3) is 4.95. The van der Waals surface area contributed by atoms with Crippen molar-refractivity contribution in [2.45, 2.75) is 32.6 Å². The predicted octanol–water partition coefficient (Wildman–Crippen LogP) is 2.85. The maximum absolute atomic E-state index is 11.8. The Labute approximate surface area is 177 Å². The van der Waals surface area contributed by atoms with Gasteiger partial charge < -0.3 is 24.9 Å². The van der Waals surface area contributed by atoms with Crippen molar-refractivity contribution in [1.29, 1.82) is 0 Å². The zero-order valence-corrected chi connectivity index (χ0v) is 16.9. The number of hydrogen-bond donors (Lipinski definition) is 2. The fourth-order valence-corrected chi connectivity index (χ4v) is 3.23. The summed E-state index contributed by atoms with van der Waals surface area (Å²) in [5, 5.41) is 14.7. The molecule has 3 aromatic rings. The number of pyridine rings is 1. The topological polar surface area (TPSA) is 151 Å². The summed E-state index contributed by atoms with van der Waals surface area (Å²) in [6.45, 7) is 3.61. The van der Waals surface area contributed by atoms with Gasteiger partial charge >= 0.3 is 5.69 Å². The molecule has 0 unspecified atom stereocenters. The standard InChI is InChI=1S/C20H22N6O5/c1-12-5-6-16(31-12)17-18(26(27)28)19(25-20(21)24-17)22-9-13-3-2-4-14(23-13)10-30-15-7-8-29-11-15/h2-6,15H,7-11H2,1H3,(H3,21,22,24,25)/t15-/m1/s1. The first-order chi connectivity index (χ1) is 15.0. The lowest BCUT2D eigenvalue weighted by Crippen LogP contribution is -2.13. The van der Waals surface area contributed by atoms with Gasteiger partial charge in [0, 0.05) is 6.61 Å². The van der Waals surface area contributed by atoms with Gasteiger partial charge in [0.25, 0.3) is 0 Å². The number of nitrogens with zero attached hydrogens (tertiary/aromatic N) is 4. The van der Waals surface area contributed by atoms with E-state index in [-0.39, 0.29) is 41.6 Å². The van der Waals surface area contributed by atoms with Crippen LogP contribution in [0.4, 0.5) is 17.5 Å². The summed E-state index contributed by atoms with van der Waals surface area (Å²) in [5.41, 5.74) is 6.93. The van der Waals surface area contributed by atoms with Crippen LogP contribution in [0.2, 0.25) is 0 Å². The van der Waals surface area contributed by atoms with E-state index in [1.807, 2.05) is 18.2 Å². The molecule has 1 aliphatic rings. The number of rotatable bonds is 8. The summed E-state index contributed by atoms with van der Waals surface area (Å²) in [6.07, 6.45) is 0.955. The molecule has 1 atom stereocenters. The molecule has 0 spiro atoms. The highest BCUT2D eigenvalue weighted by atomic mass is 16.6. The molecule has 4 rings (SSSR count). The highest BCUT2D eigenvalue weighted by Gasteiger charge is 2.27. The van der Waals surface area contributed by atoms with Gasteiger partial charge in [0.05, 0.1) is 42.2 Å². The van der Waals surface area contributed by atoms with Crippen LogP contribution in [-0.4, -0.2) is 39.2 Å². The second-order valence-electron chi connectivity index (χ2n) is 7.07. The molecule has 3 aromatic heterocycles. The molecule has 1 fully saturated rings. The molecular formula is C20H22N6O5. The number of nitrogens with one attached hydrogen (secondary N) is 1. The van der Waals surface area contributed by atoms with E-state index in [4.69, 9.17) is 19.6 Å². The molecule has 0 aromatic carbocycles. The molecule has 0 amide bonds. The Bertz CT molecular complexity index is 1080. The van der Waals surface area contributed by atoms with Crippen LogP contribution in [0.3, 0.4) is 0 Å². The second-order valence-corrected chi connectivity index (χ2v) is 7.07. The average Bonchev–Trinajstić information content (AvgIpc) is 3.42. The number of ether oxygens (including phenoxy) is 2. The maximum Gasteiger partial charge on any atom is 0.340 e. The van der Waals surface area contributed by atoms with Crippen LogP contribution in [0.15, 0.2) is 34.7 Å². The van der Waals surface area contributed by atoms with E-state index in [9.17, 15) is 10.1 Å². The number of aromatic nitrogens is 3. The Hall–Kier alpha value is -3.57. The molecule has 0 radical (unpaired) electrons. The van der Waals surface area contributed by atoms with Crippen LogP contribution >= 0.6 is 0 Å². The normalized spacial score (nSPS) is 15.8. The van der Waals surface area contributed by atoms with Crippen LogP contribution in [0, 0.1) is 17.0 Å². The number of furan rings is 1. The number of anilines is 2. The van der Waals surface area contributed by atoms with Crippen molar-refractivity contribution in [3.63, 3.8) is 0 Å².